The third-order valence-corrected chi connectivity index (χ3v) is 3.34. The van der Waals surface area contributed by atoms with Gasteiger partial charge in [-0.3, -0.25) is 0 Å². The molecule has 18 heavy (non-hydrogen) atoms. The van der Waals surface area contributed by atoms with Crippen LogP contribution >= 0.6 is 0 Å². The van der Waals surface area contributed by atoms with Crippen LogP contribution in [0.2, 0.25) is 0 Å². The first-order valence-corrected chi connectivity index (χ1v) is 8.33. The first-order valence-electron chi connectivity index (χ1n) is 8.33. The summed E-state index contributed by atoms with van der Waals surface area (Å²) in [6.45, 7) is 9.21. The largest absolute Gasteiger partial charge is 0.317 e. The maximum atomic E-state index is 3.53. The summed E-state index contributed by atoms with van der Waals surface area (Å²) in [6.07, 6.45) is 13.8. The van der Waals surface area contributed by atoms with Crippen LogP contribution in [0.15, 0.2) is 0 Å². The van der Waals surface area contributed by atoms with Crippen LogP contribution < -0.4 is 10.6 Å². The molecular formula is C16H36N2. The molecule has 2 N–H and O–H groups in total. The summed E-state index contributed by atoms with van der Waals surface area (Å²) in [5.41, 5.74) is 0. The maximum Gasteiger partial charge on any atom is -0.00368 e. The molecule has 0 heterocycles. The molecule has 0 radical (unpaired) electrons. The Bertz CT molecular complexity index is 121. The molecule has 0 aliphatic heterocycles. The summed E-state index contributed by atoms with van der Waals surface area (Å²) >= 11 is 0. The van der Waals surface area contributed by atoms with Crippen molar-refractivity contribution in [3.8, 4) is 0 Å². The van der Waals surface area contributed by atoms with Gasteiger partial charge in [0.1, 0.15) is 0 Å². The van der Waals surface area contributed by atoms with Crippen molar-refractivity contribution in [1.82, 2.24) is 10.6 Å². The van der Waals surface area contributed by atoms with E-state index >= 15 is 0 Å². The molecule has 0 unspecified atom stereocenters. The Morgan fingerprint density at radius 3 is 1.56 bits per heavy atom. The SMILES string of the molecule is CCCCCCCCCCNCCCNCCC. The van der Waals surface area contributed by atoms with Crippen molar-refractivity contribution in [2.75, 3.05) is 26.2 Å². The zero-order chi connectivity index (χ0) is 13.3. The highest BCUT2D eigenvalue weighted by atomic mass is 14.9. The molecule has 0 atom stereocenters. The smallest absolute Gasteiger partial charge is 0.00368 e. The molecule has 0 amide bonds. The number of unbranched alkanes of at least 4 members (excludes halogenated alkanes) is 7. The molecule has 2 nitrogen and oxygen atoms in total. The Hall–Kier alpha value is -0.0800. The highest BCUT2D eigenvalue weighted by Crippen LogP contribution is 2.07. The number of rotatable bonds is 15. The zero-order valence-corrected chi connectivity index (χ0v) is 12.9. The first kappa shape index (κ1) is 17.9. The van der Waals surface area contributed by atoms with Crippen LogP contribution in [0.5, 0.6) is 0 Å². The molecule has 0 saturated carbocycles. The van der Waals surface area contributed by atoms with Crippen molar-refractivity contribution < 1.29 is 0 Å². The lowest BCUT2D eigenvalue weighted by Gasteiger charge is -2.05. The third kappa shape index (κ3) is 15.9. The van der Waals surface area contributed by atoms with Crippen molar-refractivity contribution in [2.45, 2.75) is 78.1 Å². The van der Waals surface area contributed by atoms with Gasteiger partial charge in [-0.2, -0.15) is 0 Å². The Morgan fingerprint density at radius 1 is 0.444 bits per heavy atom. The molecule has 0 aliphatic rings. The van der Waals surface area contributed by atoms with Crippen molar-refractivity contribution in [3.05, 3.63) is 0 Å². The summed E-state index contributed by atoms with van der Waals surface area (Å²) < 4.78 is 0. The van der Waals surface area contributed by atoms with E-state index in [2.05, 4.69) is 24.5 Å². The van der Waals surface area contributed by atoms with Gasteiger partial charge >= 0.3 is 0 Å². The van der Waals surface area contributed by atoms with Gasteiger partial charge in [0, 0.05) is 0 Å². The second-order valence-electron chi connectivity index (χ2n) is 5.33. The van der Waals surface area contributed by atoms with E-state index in [9.17, 15) is 0 Å². The van der Waals surface area contributed by atoms with Gasteiger partial charge in [-0.1, -0.05) is 58.8 Å². The fourth-order valence-corrected chi connectivity index (χ4v) is 2.15. The normalized spacial score (nSPS) is 11.0. The monoisotopic (exact) mass is 256 g/mol. The summed E-state index contributed by atoms with van der Waals surface area (Å²) in [4.78, 5) is 0. The number of hydrogen-bond donors (Lipinski definition) is 2. The third-order valence-electron chi connectivity index (χ3n) is 3.34. The maximum absolute atomic E-state index is 3.53. The van der Waals surface area contributed by atoms with Crippen molar-refractivity contribution in [2.24, 2.45) is 0 Å². The number of nitrogens with one attached hydrogen (secondary N) is 2. The van der Waals surface area contributed by atoms with Crippen LogP contribution in [0, 0.1) is 0 Å². The van der Waals surface area contributed by atoms with Crippen molar-refractivity contribution in [1.29, 1.82) is 0 Å². The van der Waals surface area contributed by atoms with Crippen molar-refractivity contribution in [3.63, 3.8) is 0 Å². The Kier molecular flexibility index (Phi) is 16.8. The van der Waals surface area contributed by atoms with E-state index in [1.165, 1.54) is 77.3 Å². The fraction of sp³-hybridized carbons (Fsp3) is 1.00. The molecule has 0 aromatic rings. The minimum absolute atomic E-state index is 1.16. The number of hydrogen-bond acceptors (Lipinski definition) is 2. The second-order valence-corrected chi connectivity index (χ2v) is 5.33. The van der Waals surface area contributed by atoms with E-state index in [-0.39, 0.29) is 0 Å². The van der Waals surface area contributed by atoms with Crippen LogP contribution in [0.4, 0.5) is 0 Å². The van der Waals surface area contributed by atoms with Crippen LogP contribution in [-0.4, -0.2) is 26.2 Å². The van der Waals surface area contributed by atoms with Gasteiger partial charge in [-0.25, -0.2) is 0 Å². The van der Waals surface area contributed by atoms with E-state index in [0.717, 1.165) is 13.1 Å². The van der Waals surface area contributed by atoms with E-state index in [4.69, 9.17) is 0 Å². The van der Waals surface area contributed by atoms with Gasteiger partial charge in [0.2, 0.25) is 0 Å². The molecule has 0 aliphatic carbocycles. The minimum Gasteiger partial charge on any atom is -0.317 e. The summed E-state index contributed by atoms with van der Waals surface area (Å²) in [5, 5.41) is 6.96. The molecule has 0 aromatic heterocycles. The van der Waals surface area contributed by atoms with E-state index in [0.29, 0.717) is 0 Å². The topological polar surface area (TPSA) is 24.1 Å². The lowest BCUT2D eigenvalue weighted by atomic mass is 10.1. The van der Waals surface area contributed by atoms with Crippen LogP contribution in [0.1, 0.15) is 78.1 Å². The molecule has 0 aromatic carbocycles. The predicted octanol–water partition coefficient (Wildman–Crippen LogP) is 4.11. The lowest BCUT2D eigenvalue weighted by Crippen LogP contribution is -2.23. The molecule has 0 rings (SSSR count). The second kappa shape index (κ2) is 16.9. The van der Waals surface area contributed by atoms with Gasteiger partial charge < -0.3 is 10.6 Å². The standard InChI is InChI=1S/C16H36N2/c1-3-5-6-7-8-9-10-11-14-18-16-12-15-17-13-4-2/h17-18H,3-16H2,1-2H3. The highest BCUT2D eigenvalue weighted by Gasteiger charge is 1.92. The van der Waals surface area contributed by atoms with Crippen LogP contribution in [0.25, 0.3) is 0 Å². The van der Waals surface area contributed by atoms with Crippen molar-refractivity contribution >= 4 is 0 Å². The Labute approximate surface area is 115 Å². The fourth-order valence-electron chi connectivity index (χ4n) is 2.15. The summed E-state index contributed by atoms with van der Waals surface area (Å²) in [6, 6.07) is 0. The molecule has 110 valence electrons. The van der Waals surface area contributed by atoms with Crippen LogP contribution in [0.3, 0.4) is 0 Å². The highest BCUT2D eigenvalue weighted by molar-refractivity contribution is 4.52. The van der Waals surface area contributed by atoms with Gasteiger partial charge in [0.15, 0.2) is 0 Å². The zero-order valence-electron chi connectivity index (χ0n) is 12.9. The molecule has 0 fully saturated rings. The predicted molar refractivity (Wildman–Crippen MR) is 83.3 cm³/mol. The lowest BCUT2D eigenvalue weighted by molar-refractivity contribution is 0.543. The van der Waals surface area contributed by atoms with E-state index in [1.54, 1.807) is 0 Å². The quantitative estimate of drug-likeness (QED) is 0.431. The van der Waals surface area contributed by atoms with Gasteiger partial charge in [-0.15, -0.1) is 0 Å². The molecule has 0 saturated heterocycles. The van der Waals surface area contributed by atoms with E-state index < -0.39 is 0 Å². The van der Waals surface area contributed by atoms with Gasteiger partial charge in [-0.05, 0) is 45.4 Å². The molecule has 0 bridgehead atoms. The van der Waals surface area contributed by atoms with E-state index in [1.807, 2.05) is 0 Å². The summed E-state index contributed by atoms with van der Waals surface area (Å²) in [7, 11) is 0. The Morgan fingerprint density at radius 2 is 0.944 bits per heavy atom. The van der Waals surface area contributed by atoms with Gasteiger partial charge in [0.05, 0.1) is 0 Å². The molecular weight excluding hydrogens is 220 g/mol. The Balaban J connectivity index is 2.86. The average Bonchev–Trinajstić information content (AvgIpc) is 2.39. The summed E-state index contributed by atoms with van der Waals surface area (Å²) in [5.74, 6) is 0. The molecule has 2 heteroatoms. The van der Waals surface area contributed by atoms with Crippen LogP contribution in [-0.2, 0) is 0 Å². The minimum atomic E-state index is 1.16. The van der Waals surface area contributed by atoms with Gasteiger partial charge in [0.25, 0.3) is 0 Å². The molecule has 0 spiro atoms. The first-order chi connectivity index (χ1) is 8.91. The average molecular weight is 256 g/mol.